The van der Waals surface area contributed by atoms with Gasteiger partial charge in [0.15, 0.2) is 5.82 Å². The third kappa shape index (κ3) is 8.25. The molecule has 8 aliphatic rings. The summed E-state index contributed by atoms with van der Waals surface area (Å²) in [5.74, 6) is 1.09. The minimum atomic E-state index is -0.703. The number of rotatable bonds is 10. The summed E-state index contributed by atoms with van der Waals surface area (Å²) < 4.78 is 2.19. The van der Waals surface area contributed by atoms with Crippen LogP contribution in [-0.4, -0.2) is 134 Å². The van der Waals surface area contributed by atoms with E-state index in [4.69, 9.17) is 9.97 Å². The van der Waals surface area contributed by atoms with Crippen molar-refractivity contribution in [3.05, 3.63) is 60.0 Å². The first-order valence-electron chi connectivity index (χ1n) is 26.9. The molecule has 2 saturated carbocycles. The largest absolute Gasteiger partial charge is 0.366 e. The van der Waals surface area contributed by atoms with Crippen molar-refractivity contribution in [1.82, 2.24) is 39.5 Å². The topological polar surface area (TPSA) is 169 Å². The normalized spacial score (nSPS) is 27.2. The zero-order valence-electron chi connectivity index (χ0n) is 41.7. The Morgan fingerprint density at radius 3 is 2.28 bits per heavy atom. The van der Waals surface area contributed by atoms with Crippen LogP contribution in [0.1, 0.15) is 134 Å². The third-order valence-corrected chi connectivity index (χ3v) is 17.9. The first-order chi connectivity index (χ1) is 34.4. The van der Waals surface area contributed by atoms with Crippen molar-refractivity contribution in [2.45, 2.75) is 146 Å². The van der Waals surface area contributed by atoms with E-state index in [-0.39, 0.29) is 53.5 Å². The third-order valence-electron chi connectivity index (χ3n) is 17.9. The number of likely N-dealkylation sites (tertiary alicyclic amines) is 3. The Kier molecular flexibility index (Phi) is 11.7. The standard InChI is InChI=1S/C55H69N11O5/c1-34(2)65-33-57-44-30-43(59-49(48(44)65)58-38-9-10-38)36-7-12-42-45(27-36)66(40-28-39(29-40)61-20-5-4-6-21-61)53(71)55(42)18-25-63(26-19-55)52(70)54(3)17-24-64(32-54)51(69)35-15-22-62(23-16-35)46-13-8-37(31-56-46)41-11-14-47(67)60-50(41)68/h7-8,12-13,27,30-31,33-35,38-41H,4-6,9-11,14-26,28-29,32H2,1-3H3,(H,58,59)(H,60,67,68)/t39?,40?,41?,54-/m1/s1. The first-order valence-corrected chi connectivity index (χ1v) is 26.9. The summed E-state index contributed by atoms with van der Waals surface area (Å²) in [5.41, 5.74) is 5.26. The first kappa shape index (κ1) is 46.2. The molecular formula is C55H69N11O5. The molecule has 374 valence electrons. The Balaban J connectivity index is 0.723. The zero-order chi connectivity index (χ0) is 48.8. The van der Waals surface area contributed by atoms with Crippen LogP contribution in [0.15, 0.2) is 48.9 Å². The van der Waals surface area contributed by atoms with E-state index in [1.807, 2.05) is 35.2 Å². The number of aromatic nitrogens is 4. The van der Waals surface area contributed by atoms with Gasteiger partial charge in [-0.2, -0.15) is 0 Å². The molecule has 2 atom stereocenters. The summed E-state index contributed by atoms with van der Waals surface area (Å²) >= 11 is 0. The molecule has 1 aromatic carbocycles. The van der Waals surface area contributed by atoms with E-state index in [1.165, 1.54) is 19.3 Å². The number of imidazole rings is 1. The fraction of sp³-hybridized carbons (Fsp3) is 0.600. The molecule has 5 saturated heterocycles. The van der Waals surface area contributed by atoms with Crippen LogP contribution in [0.5, 0.6) is 0 Å². The smallest absolute Gasteiger partial charge is 0.238 e. The van der Waals surface area contributed by atoms with Gasteiger partial charge in [0.05, 0.1) is 34.3 Å². The molecule has 4 aromatic rings. The monoisotopic (exact) mass is 964 g/mol. The predicted octanol–water partition coefficient (Wildman–Crippen LogP) is 6.55. The molecule has 6 aliphatic heterocycles. The minimum Gasteiger partial charge on any atom is -0.366 e. The highest BCUT2D eigenvalue weighted by Gasteiger charge is 2.57. The summed E-state index contributed by atoms with van der Waals surface area (Å²) in [4.78, 5) is 93.7. The number of carbonyl (C=O) groups excluding carboxylic acids is 5. The second kappa shape index (κ2) is 18.0. The van der Waals surface area contributed by atoms with E-state index in [9.17, 15) is 19.2 Å². The van der Waals surface area contributed by atoms with Gasteiger partial charge in [0.25, 0.3) is 0 Å². The lowest BCUT2D eigenvalue weighted by atomic mass is 9.72. The Morgan fingerprint density at radius 2 is 1.58 bits per heavy atom. The highest BCUT2D eigenvalue weighted by Crippen LogP contribution is 2.53. The van der Waals surface area contributed by atoms with Crippen LogP contribution >= 0.6 is 0 Å². The zero-order valence-corrected chi connectivity index (χ0v) is 41.7. The summed E-state index contributed by atoms with van der Waals surface area (Å²) in [6, 6.07) is 13.8. The maximum absolute atomic E-state index is 15.3. The number of imide groups is 1. The van der Waals surface area contributed by atoms with E-state index < -0.39 is 10.8 Å². The molecule has 0 bridgehead atoms. The van der Waals surface area contributed by atoms with E-state index in [2.05, 4.69) is 73.0 Å². The van der Waals surface area contributed by atoms with Gasteiger partial charge in [-0.1, -0.05) is 24.6 Å². The van der Waals surface area contributed by atoms with Crippen LogP contribution in [0.4, 0.5) is 17.3 Å². The van der Waals surface area contributed by atoms with Crippen LogP contribution < -0.4 is 20.4 Å². The number of carbonyl (C=O) groups is 5. The fourth-order valence-corrected chi connectivity index (χ4v) is 13.3. The second-order valence-corrected chi connectivity index (χ2v) is 22.8. The highest BCUT2D eigenvalue weighted by molar-refractivity contribution is 6.09. The summed E-state index contributed by atoms with van der Waals surface area (Å²) in [5, 5.41) is 6.13. The Bertz CT molecular complexity index is 2760. The molecule has 16 heteroatoms. The van der Waals surface area contributed by atoms with Crippen LogP contribution in [0, 0.1) is 11.3 Å². The number of hydrogen-bond donors (Lipinski definition) is 2. The summed E-state index contributed by atoms with van der Waals surface area (Å²) in [6.07, 6.45) is 15.7. The molecule has 12 rings (SSSR count). The van der Waals surface area contributed by atoms with Crippen molar-refractivity contribution in [2.24, 2.45) is 11.3 Å². The number of hydrogen-bond acceptors (Lipinski definition) is 11. The average Bonchev–Trinajstić information content (AvgIpc) is 3.84. The van der Waals surface area contributed by atoms with Crippen LogP contribution in [-0.2, 0) is 29.4 Å². The molecule has 5 amide bonds. The maximum atomic E-state index is 15.3. The average molecular weight is 964 g/mol. The van der Waals surface area contributed by atoms with Gasteiger partial charge in [-0.25, -0.2) is 15.0 Å². The molecule has 1 unspecified atom stereocenters. The lowest BCUT2D eigenvalue weighted by Gasteiger charge is -2.48. The van der Waals surface area contributed by atoms with Gasteiger partial charge in [-0.05, 0) is 140 Å². The SMILES string of the molecule is CC(C)n1cnc2cc(-c3ccc4c(c3)N(C3CC(N5CCCCC5)C3)C(=O)C43CCN(C(=O)[C@]4(C)CCN(C(=O)C5CCN(c6ccc(C7CCC(=O)NC7=O)cn6)CC5)C4)CC3)nc(NC3CC3)c21. The predicted molar refractivity (Wildman–Crippen MR) is 271 cm³/mol. The van der Waals surface area contributed by atoms with Crippen molar-refractivity contribution < 1.29 is 24.0 Å². The second-order valence-electron chi connectivity index (χ2n) is 22.8. The van der Waals surface area contributed by atoms with Crippen molar-refractivity contribution in [3.8, 4) is 11.3 Å². The minimum absolute atomic E-state index is 0.0857. The van der Waals surface area contributed by atoms with Crippen LogP contribution in [0.3, 0.4) is 0 Å². The number of benzene rings is 1. The van der Waals surface area contributed by atoms with Crippen LogP contribution in [0.25, 0.3) is 22.3 Å². The molecule has 16 nitrogen and oxygen atoms in total. The van der Waals surface area contributed by atoms with Gasteiger partial charge in [0.2, 0.25) is 29.5 Å². The van der Waals surface area contributed by atoms with Crippen LogP contribution in [0.2, 0.25) is 0 Å². The van der Waals surface area contributed by atoms with Crippen molar-refractivity contribution in [2.75, 3.05) is 67.5 Å². The Hall–Kier alpha value is -5.90. The molecule has 2 aliphatic carbocycles. The number of amides is 5. The molecule has 3 aromatic heterocycles. The molecule has 71 heavy (non-hydrogen) atoms. The van der Waals surface area contributed by atoms with E-state index in [1.54, 1.807) is 6.20 Å². The number of anilines is 3. The molecular weight excluding hydrogens is 895 g/mol. The number of nitrogens with zero attached hydrogens (tertiary/aromatic N) is 9. The van der Waals surface area contributed by atoms with Crippen molar-refractivity contribution >= 4 is 57.9 Å². The van der Waals surface area contributed by atoms with E-state index >= 15 is 4.79 Å². The fourth-order valence-electron chi connectivity index (χ4n) is 13.3. The number of pyridine rings is 2. The lowest BCUT2D eigenvalue weighted by Crippen LogP contribution is -2.59. The molecule has 7 fully saturated rings. The lowest BCUT2D eigenvalue weighted by molar-refractivity contribution is -0.145. The highest BCUT2D eigenvalue weighted by atomic mass is 16.2. The number of fused-ring (bicyclic) bond motifs is 3. The van der Waals surface area contributed by atoms with Gasteiger partial charge in [-0.15, -0.1) is 0 Å². The Morgan fingerprint density at radius 1 is 0.817 bits per heavy atom. The van der Waals surface area contributed by atoms with Gasteiger partial charge in [-0.3, -0.25) is 29.3 Å². The molecule has 9 heterocycles. The number of nitrogens with one attached hydrogen (secondary N) is 2. The van der Waals surface area contributed by atoms with Crippen molar-refractivity contribution in [1.29, 1.82) is 0 Å². The van der Waals surface area contributed by atoms with Gasteiger partial charge < -0.3 is 34.4 Å². The van der Waals surface area contributed by atoms with Gasteiger partial charge in [0, 0.05) is 93.2 Å². The van der Waals surface area contributed by atoms with Gasteiger partial charge in [0.1, 0.15) is 11.3 Å². The van der Waals surface area contributed by atoms with E-state index in [0.29, 0.717) is 96.3 Å². The quantitative estimate of drug-likeness (QED) is 0.166. The molecule has 1 spiro atoms. The molecule has 0 radical (unpaired) electrons. The van der Waals surface area contributed by atoms with E-state index in [0.717, 1.165) is 89.5 Å². The molecule has 2 N–H and O–H groups in total. The Labute approximate surface area is 416 Å². The number of piperidine rings is 4. The maximum Gasteiger partial charge on any atom is 0.238 e. The summed E-state index contributed by atoms with van der Waals surface area (Å²) in [7, 11) is 0. The van der Waals surface area contributed by atoms with Gasteiger partial charge >= 0.3 is 0 Å². The summed E-state index contributed by atoms with van der Waals surface area (Å²) in [6.45, 7) is 12.0. The van der Waals surface area contributed by atoms with Crippen molar-refractivity contribution in [3.63, 3.8) is 0 Å².